The normalized spacial score (nSPS) is 11.9. The Bertz CT molecular complexity index is 2450. The predicted molar refractivity (Wildman–Crippen MR) is 175 cm³/mol. The van der Waals surface area contributed by atoms with Gasteiger partial charge in [-0.05, 0) is 54.6 Å². The van der Waals surface area contributed by atoms with Crippen LogP contribution in [0.3, 0.4) is 0 Å². The number of hydrogen-bond donors (Lipinski definition) is 6. The molecule has 2 heterocycles. The summed E-state index contributed by atoms with van der Waals surface area (Å²) in [6.45, 7) is 2.22. The van der Waals surface area contributed by atoms with Crippen molar-refractivity contribution in [2.75, 3.05) is 0 Å². The average Bonchev–Trinajstić information content (AvgIpc) is 3.57. The van der Waals surface area contributed by atoms with Gasteiger partial charge in [0.05, 0.1) is 46.6 Å². The SMILES string of the molecule is CC(=O)c1[nH]n(-c2cc(SOOO)ccc2S(=O)(=O)O)c(=O)c1C=C=CC=Cc1c(C(C)=O)[nH]n(-c2cc(SOOO)ccc2S(=O)(=O)O)c1=O. The number of allylic oxidation sites excluding steroid dienone is 2. The monoisotopic (exact) mass is 786 g/mol. The van der Waals surface area contributed by atoms with Crippen LogP contribution in [0.15, 0.2) is 83.5 Å². The highest BCUT2D eigenvalue weighted by Gasteiger charge is 2.25. The molecular weight excluding hydrogens is 765 g/mol. The summed E-state index contributed by atoms with van der Waals surface area (Å²) in [5.74, 6) is -1.31. The number of H-pyrrole nitrogens is 2. The summed E-state index contributed by atoms with van der Waals surface area (Å²) in [7, 11) is -9.81. The molecule has 0 radical (unpaired) electrons. The molecule has 0 fully saturated rings. The molecule has 2 aromatic heterocycles. The van der Waals surface area contributed by atoms with Crippen LogP contribution in [-0.4, -0.2) is 67.6 Å². The van der Waals surface area contributed by atoms with Crippen molar-refractivity contribution in [3.8, 4) is 11.4 Å². The van der Waals surface area contributed by atoms with Gasteiger partial charge in [-0.2, -0.15) is 16.8 Å². The summed E-state index contributed by atoms with van der Waals surface area (Å²) < 4.78 is 77.7. The molecule has 20 nitrogen and oxygen atoms in total. The summed E-state index contributed by atoms with van der Waals surface area (Å²) in [5.41, 5.74) is -1.32. The molecule has 2 aromatic carbocycles. The Morgan fingerprint density at radius 3 is 1.61 bits per heavy atom. The van der Waals surface area contributed by atoms with Crippen LogP contribution in [0.4, 0.5) is 0 Å². The molecule has 0 aliphatic rings. The molecule has 24 heteroatoms. The van der Waals surface area contributed by atoms with E-state index < -0.39 is 64.1 Å². The number of aromatic amines is 2. The third kappa shape index (κ3) is 8.99. The summed E-state index contributed by atoms with van der Waals surface area (Å²) in [5, 5.41) is 28.8. The summed E-state index contributed by atoms with van der Waals surface area (Å²) >= 11 is 0.835. The average molecular weight is 787 g/mol. The van der Waals surface area contributed by atoms with E-state index in [4.69, 9.17) is 10.5 Å². The fraction of sp³-hybridized carbons (Fsp3) is 0.0741. The number of hydrogen-bond acceptors (Lipinski definition) is 16. The zero-order valence-corrected chi connectivity index (χ0v) is 28.8. The van der Waals surface area contributed by atoms with Crippen molar-refractivity contribution in [2.45, 2.75) is 33.4 Å². The van der Waals surface area contributed by atoms with E-state index in [1.807, 2.05) is 0 Å². The highest BCUT2D eigenvalue weighted by Crippen LogP contribution is 2.29. The highest BCUT2D eigenvalue weighted by molar-refractivity contribution is 7.94. The van der Waals surface area contributed by atoms with Crippen molar-refractivity contribution in [1.29, 1.82) is 0 Å². The molecule has 0 saturated heterocycles. The molecule has 0 atom stereocenters. The first kappa shape index (κ1) is 39.1. The Morgan fingerprint density at radius 2 is 1.20 bits per heavy atom. The van der Waals surface area contributed by atoms with E-state index in [1.165, 1.54) is 12.2 Å². The van der Waals surface area contributed by atoms with E-state index in [9.17, 15) is 45.1 Å². The van der Waals surface area contributed by atoms with E-state index in [2.05, 4.69) is 34.7 Å². The van der Waals surface area contributed by atoms with E-state index in [1.54, 1.807) is 0 Å². The Balaban J connectivity index is 1.79. The highest BCUT2D eigenvalue weighted by atomic mass is 32.2. The standard InChI is InChI=1S/C27H22N4O16S4/c1-14(32)24-18(26(34)30(28-24)20-12-16(48-46-44-36)8-10-22(20)50(38,39)40)6-4-3-5-7-19-25(15(2)33)29-31(27(19)35)21-13-17(49-47-45-37)9-11-23(21)51(41,42)43/h3-4,6-13,28-29,36-37H,1-2H3,(H,38,39,40)(H,41,42,43). The number of carbonyl (C=O) groups excluding carboxylic acids is 2. The first-order chi connectivity index (χ1) is 24.0. The minimum Gasteiger partial charge on any atom is -0.293 e. The molecule has 51 heavy (non-hydrogen) atoms. The number of nitrogens with one attached hydrogen (secondary N) is 2. The fourth-order valence-electron chi connectivity index (χ4n) is 4.39. The lowest BCUT2D eigenvalue weighted by Gasteiger charge is -2.09. The van der Waals surface area contributed by atoms with Crippen LogP contribution >= 0.6 is 24.1 Å². The Morgan fingerprint density at radius 1 is 0.765 bits per heavy atom. The molecule has 0 amide bonds. The topological polar surface area (TPSA) is 296 Å². The minimum absolute atomic E-state index is 0.0966. The van der Waals surface area contributed by atoms with E-state index in [0.717, 1.165) is 62.4 Å². The van der Waals surface area contributed by atoms with Gasteiger partial charge in [0.1, 0.15) is 21.2 Å². The minimum atomic E-state index is -4.91. The lowest BCUT2D eigenvalue weighted by molar-refractivity contribution is -0.432. The second-order valence-corrected chi connectivity index (χ2v) is 14.0. The van der Waals surface area contributed by atoms with Crippen molar-refractivity contribution >= 4 is 68.0 Å². The Labute approximate surface area is 293 Å². The van der Waals surface area contributed by atoms with E-state index in [0.29, 0.717) is 33.4 Å². The van der Waals surface area contributed by atoms with Gasteiger partial charge in [-0.3, -0.25) is 38.5 Å². The number of benzene rings is 2. The second kappa shape index (κ2) is 16.1. The maximum Gasteiger partial charge on any atom is 0.296 e. The molecular formula is C27H22N4O16S4. The zero-order valence-electron chi connectivity index (χ0n) is 25.5. The molecule has 0 spiro atoms. The fourth-order valence-corrected chi connectivity index (χ4v) is 6.48. The molecule has 6 N–H and O–H groups in total. The van der Waals surface area contributed by atoms with Gasteiger partial charge in [0.25, 0.3) is 31.4 Å². The summed E-state index contributed by atoms with van der Waals surface area (Å²) in [6.07, 6.45) is 4.56. The van der Waals surface area contributed by atoms with Gasteiger partial charge in [0.2, 0.25) is 0 Å². The molecule has 0 saturated carbocycles. The molecule has 0 unspecified atom stereocenters. The maximum atomic E-state index is 13.4. The van der Waals surface area contributed by atoms with Crippen molar-refractivity contribution in [2.24, 2.45) is 0 Å². The van der Waals surface area contributed by atoms with Gasteiger partial charge in [-0.15, -0.1) is 14.4 Å². The van der Waals surface area contributed by atoms with Crippen LogP contribution in [0.5, 0.6) is 0 Å². The first-order valence-corrected chi connectivity index (χ1v) is 17.7. The van der Waals surface area contributed by atoms with Gasteiger partial charge in [-0.1, -0.05) is 16.2 Å². The van der Waals surface area contributed by atoms with Crippen LogP contribution in [0.1, 0.15) is 46.0 Å². The van der Waals surface area contributed by atoms with Crippen molar-refractivity contribution < 1.29 is 64.8 Å². The number of ketones is 2. The van der Waals surface area contributed by atoms with Crippen LogP contribution < -0.4 is 11.1 Å². The summed E-state index contributed by atoms with van der Waals surface area (Å²) in [6, 6.07) is 6.34. The van der Waals surface area contributed by atoms with Crippen molar-refractivity contribution in [1.82, 2.24) is 19.6 Å². The van der Waals surface area contributed by atoms with Crippen LogP contribution in [0, 0.1) is 0 Å². The molecule has 4 aromatic rings. The third-order valence-electron chi connectivity index (χ3n) is 6.46. The maximum absolute atomic E-state index is 13.4. The van der Waals surface area contributed by atoms with Crippen molar-refractivity contribution in [3.05, 3.63) is 97.5 Å². The third-order valence-corrected chi connectivity index (χ3v) is 9.41. The summed E-state index contributed by atoms with van der Waals surface area (Å²) in [4.78, 5) is 50.3. The quantitative estimate of drug-likeness (QED) is 0.0192. The molecule has 4 rings (SSSR count). The second-order valence-electron chi connectivity index (χ2n) is 9.69. The Hall–Kier alpha value is -4.66. The molecule has 0 aliphatic carbocycles. The van der Waals surface area contributed by atoms with Gasteiger partial charge >= 0.3 is 0 Å². The van der Waals surface area contributed by atoms with Crippen LogP contribution in [-0.2, 0) is 39.0 Å². The number of Topliss-reactive ketones (excluding diaryl/α,β-unsaturated/α-hetero) is 2. The van der Waals surface area contributed by atoms with Gasteiger partial charge in [-0.25, -0.2) is 19.9 Å². The predicted octanol–water partition coefficient (Wildman–Crippen LogP) is 3.28. The first-order valence-electron chi connectivity index (χ1n) is 13.3. The number of nitrogens with zero attached hydrogens (tertiary/aromatic N) is 2. The molecule has 0 aliphatic heterocycles. The van der Waals surface area contributed by atoms with E-state index >= 15 is 0 Å². The van der Waals surface area contributed by atoms with Crippen molar-refractivity contribution in [3.63, 3.8) is 0 Å². The number of aromatic nitrogens is 4. The van der Waals surface area contributed by atoms with Gasteiger partial charge in [0.15, 0.2) is 11.6 Å². The van der Waals surface area contributed by atoms with Crippen LogP contribution in [0.25, 0.3) is 23.5 Å². The largest absolute Gasteiger partial charge is 0.296 e. The van der Waals surface area contributed by atoms with Crippen LogP contribution in [0.2, 0.25) is 0 Å². The van der Waals surface area contributed by atoms with Gasteiger partial charge in [0, 0.05) is 23.6 Å². The van der Waals surface area contributed by atoms with Gasteiger partial charge < -0.3 is 0 Å². The smallest absolute Gasteiger partial charge is 0.293 e. The molecule has 0 bridgehead atoms. The Kier molecular flexibility index (Phi) is 12.4. The van der Waals surface area contributed by atoms with E-state index in [-0.39, 0.29) is 32.3 Å². The zero-order chi connectivity index (χ0) is 37.7. The number of rotatable bonds is 15. The lowest BCUT2D eigenvalue weighted by Crippen LogP contribution is -2.19. The molecule has 270 valence electrons. The lowest BCUT2D eigenvalue weighted by atomic mass is 10.1. The number of carbonyl (C=O) groups is 2.